The minimum atomic E-state index is -1.08. The van der Waals surface area contributed by atoms with E-state index in [0.717, 1.165) is 31.6 Å². The van der Waals surface area contributed by atoms with Crippen molar-refractivity contribution in [3.63, 3.8) is 0 Å². The molecule has 0 spiro atoms. The Bertz CT molecular complexity index is 708. The van der Waals surface area contributed by atoms with Crippen LogP contribution in [-0.2, 0) is 9.53 Å². The van der Waals surface area contributed by atoms with Gasteiger partial charge in [0.05, 0.1) is 0 Å². The number of hydroxylamine groups is 1. The smallest absolute Gasteiger partial charge is 0.267 e. The lowest BCUT2D eigenvalue weighted by molar-refractivity contribution is -0.132. The molecule has 152 valence electrons. The highest BCUT2D eigenvalue weighted by Gasteiger charge is 2.33. The fourth-order valence-electron chi connectivity index (χ4n) is 2.60. The molecule has 2 rings (SSSR count). The van der Waals surface area contributed by atoms with E-state index in [1.54, 1.807) is 38.1 Å². The normalized spacial score (nSPS) is 15.1. The first-order valence-corrected chi connectivity index (χ1v) is 9.04. The average molecular weight is 387 g/mol. The highest BCUT2D eigenvalue weighted by atomic mass is 16.5. The van der Waals surface area contributed by atoms with E-state index >= 15 is 0 Å². The zero-order valence-electron chi connectivity index (χ0n) is 16.5. The van der Waals surface area contributed by atoms with E-state index in [0.29, 0.717) is 11.5 Å². The molecule has 1 aromatic rings. The molecule has 1 atom stereocenters. The number of hydrogen-bond acceptors (Lipinski definition) is 5. The van der Waals surface area contributed by atoms with Crippen molar-refractivity contribution < 1.29 is 19.5 Å². The number of ether oxygens (including phenoxy) is 1. The van der Waals surface area contributed by atoms with Gasteiger partial charge in [0.2, 0.25) is 0 Å². The average Bonchev–Trinajstić information content (AvgIpc) is 2.71. The molecule has 0 aliphatic carbocycles. The standard InChI is InChI=1S/C19H25N3O4.C2H4/c1-19(2,20)16(18(24)22-25)21-17(23)15-7-5-13(6-8-15)3-4-14-9-11-26-12-10-14;1-2/h5-8,14,16,25H,9-12,20H2,1-2H3,(H,21,23)(H,22,24);1-2H2. The minimum absolute atomic E-state index is 0.344. The van der Waals surface area contributed by atoms with E-state index in [1.807, 2.05) is 0 Å². The number of benzene rings is 1. The van der Waals surface area contributed by atoms with E-state index in [1.165, 1.54) is 5.48 Å². The van der Waals surface area contributed by atoms with Gasteiger partial charge < -0.3 is 15.8 Å². The molecule has 0 radical (unpaired) electrons. The predicted molar refractivity (Wildman–Crippen MR) is 108 cm³/mol. The van der Waals surface area contributed by atoms with E-state index in [-0.39, 0.29) is 0 Å². The Kier molecular flexibility index (Phi) is 9.39. The molecule has 1 aromatic carbocycles. The van der Waals surface area contributed by atoms with Gasteiger partial charge in [-0.25, -0.2) is 5.48 Å². The zero-order valence-corrected chi connectivity index (χ0v) is 16.5. The lowest BCUT2D eigenvalue weighted by atomic mass is 9.95. The van der Waals surface area contributed by atoms with Crippen molar-refractivity contribution in [1.82, 2.24) is 10.8 Å². The van der Waals surface area contributed by atoms with Gasteiger partial charge >= 0.3 is 0 Å². The molecular weight excluding hydrogens is 358 g/mol. The van der Waals surface area contributed by atoms with Gasteiger partial charge in [-0.1, -0.05) is 11.8 Å². The quantitative estimate of drug-likeness (QED) is 0.271. The summed E-state index contributed by atoms with van der Waals surface area (Å²) in [4.78, 5) is 24.1. The van der Waals surface area contributed by atoms with Crippen LogP contribution in [0.2, 0.25) is 0 Å². The maximum Gasteiger partial charge on any atom is 0.267 e. The zero-order chi connectivity index (χ0) is 21.2. The monoisotopic (exact) mass is 387 g/mol. The van der Waals surface area contributed by atoms with Crippen molar-refractivity contribution in [2.75, 3.05) is 13.2 Å². The second kappa shape index (κ2) is 11.2. The molecule has 1 aliphatic heterocycles. The third-order valence-corrected chi connectivity index (χ3v) is 4.18. The van der Waals surface area contributed by atoms with Gasteiger partial charge in [0.25, 0.3) is 11.8 Å². The van der Waals surface area contributed by atoms with Crippen molar-refractivity contribution in [2.45, 2.75) is 38.3 Å². The lowest BCUT2D eigenvalue weighted by Crippen LogP contribution is -2.61. The highest BCUT2D eigenvalue weighted by Crippen LogP contribution is 2.14. The number of nitrogens with one attached hydrogen (secondary N) is 2. The SMILES string of the molecule is C=C.CC(C)(N)C(NC(=O)c1ccc(C#CC2CCOCC2)cc1)C(=O)NO. The van der Waals surface area contributed by atoms with Gasteiger partial charge in [-0.2, -0.15) is 0 Å². The molecule has 0 aromatic heterocycles. The van der Waals surface area contributed by atoms with E-state index in [2.05, 4.69) is 30.3 Å². The summed E-state index contributed by atoms with van der Waals surface area (Å²) in [6.07, 6.45) is 1.88. The molecule has 28 heavy (non-hydrogen) atoms. The minimum Gasteiger partial charge on any atom is -0.381 e. The molecule has 1 fully saturated rings. The maximum absolute atomic E-state index is 12.4. The molecule has 7 nitrogen and oxygen atoms in total. The van der Waals surface area contributed by atoms with E-state index in [4.69, 9.17) is 15.7 Å². The molecule has 0 bridgehead atoms. The molecule has 1 aliphatic rings. The lowest BCUT2D eigenvalue weighted by Gasteiger charge is -2.29. The third kappa shape index (κ3) is 7.16. The van der Waals surface area contributed by atoms with Gasteiger partial charge in [-0.15, -0.1) is 13.2 Å². The maximum atomic E-state index is 12.4. The molecule has 1 heterocycles. The Hall–Kier alpha value is -2.66. The summed E-state index contributed by atoms with van der Waals surface area (Å²) in [5.74, 6) is 5.46. The van der Waals surface area contributed by atoms with Crippen LogP contribution in [0.4, 0.5) is 0 Å². The number of amides is 2. The first kappa shape index (κ1) is 23.4. The second-order valence-electron chi connectivity index (χ2n) is 6.94. The Morgan fingerprint density at radius 3 is 2.32 bits per heavy atom. The first-order chi connectivity index (χ1) is 13.3. The van der Waals surface area contributed by atoms with Crippen LogP contribution >= 0.6 is 0 Å². The fraction of sp³-hybridized carbons (Fsp3) is 0.429. The number of rotatable bonds is 4. The third-order valence-electron chi connectivity index (χ3n) is 4.18. The fourth-order valence-corrected chi connectivity index (χ4v) is 2.60. The summed E-state index contributed by atoms with van der Waals surface area (Å²) in [5, 5.41) is 11.4. The van der Waals surface area contributed by atoms with Gasteiger partial charge in [-0.3, -0.25) is 14.8 Å². The van der Waals surface area contributed by atoms with Gasteiger partial charge in [-0.05, 0) is 51.0 Å². The summed E-state index contributed by atoms with van der Waals surface area (Å²) in [6.45, 7) is 10.7. The molecule has 7 heteroatoms. The summed E-state index contributed by atoms with van der Waals surface area (Å²) < 4.78 is 5.31. The van der Waals surface area contributed by atoms with Crippen LogP contribution in [0.5, 0.6) is 0 Å². The second-order valence-corrected chi connectivity index (χ2v) is 6.94. The van der Waals surface area contributed by atoms with Crippen molar-refractivity contribution in [2.24, 2.45) is 11.7 Å². The van der Waals surface area contributed by atoms with Crippen LogP contribution in [0.25, 0.3) is 0 Å². The van der Waals surface area contributed by atoms with Crippen molar-refractivity contribution in [3.8, 4) is 11.8 Å². The van der Waals surface area contributed by atoms with Crippen LogP contribution in [0.3, 0.4) is 0 Å². The van der Waals surface area contributed by atoms with Gasteiger partial charge in [0.1, 0.15) is 6.04 Å². The Labute approximate surface area is 166 Å². The number of hydrogen-bond donors (Lipinski definition) is 4. The van der Waals surface area contributed by atoms with Crippen molar-refractivity contribution in [1.29, 1.82) is 0 Å². The molecule has 2 amide bonds. The van der Waals surface area contributed by atoms with Crippen molar-refractivity contribution in [3.05, 3.63) is 48.6 Å². The number of carbonyl (C=O) groups excluding carboxylic acids is 2. The van der Waals surface area contributed by atoms with Gasteiger partial charge in [0, 0.05) is 35.8 Å². The van der Waals surface area contributed by atoms with Gasteiger partial charge in [0.15, 0.2) is 0 Å². The Morgan fingerprint density at radius 2 is 1.82 bits per heavy atom. The summed E-state index contributed by atoms with van der Waals surface area (Å²) in [6, 6.07) is 5.72. The largest absolute Gasteiger partial charge is 0.381 e. The van der Waals surface area contributed by atoms with Crippen LogP contribution in [0.15, 0.2) is 37.4 Å². The summed E-state index contributed by atoms with van der Waals surface area (Å²) in [5.41, 5.74) is 7.58. The number of nitrogens with two attached hydrogens (primary N) is 1. The molecular formula is C21H29N3O4. The molecule has 1 saturated heterocycles. The molecule has 0 saturated carbocycles. The molecule has 5 N–H and O–H groups in total. The topological polar surface area (TPSA) is 114 Å². The summed E-state index contributed by atoms with van der Waals surface area (Å²) >= 11 is 0. The van der Waals surface area contributed by atoms with Crippen LogP contribution in [-0.4, -0.2) is 41.8 Å². The molecule has 1 unspecified atom stereocenters. The Balaban J connectivity index is 0.00000190. The Morgan fingerprint density at radius 1 is 1.25 bits per heavy atom. The van der Waals surface area contributed by atoms with Crippen LogP contribution in [0, 0.1) is 17.8 Å². The van der Waals surface area contributed by atoms with Crippen LogP contribution in [0.1, 0.15) is 42.6 Å². The van der Waals surface area contributed by atoms with Crippen molar-refractivity contribution >= 4 is 11.8 Å². The van der Waals surface area contributed by atoms with E-state index < -0.39 is 23.4 Å². The highest BCUT2D eigenvalue weighted by molar-refractivity contribution is 5.97. The number of carbonyl (C=O) groups is 2. The summed E-state index contributed by atoms with van der Waals surface area (Å²) in [7, 11) is 0. The van der Waals surface area contributed by atoms with Crippen LogP contribution < -0.4 is 16.5 Å². The van der Waals surface area contributed by atoms with E-state index in [9.17, 15) is 9.59 Å². The first-order valence-electron chi connectivity index (χ1n) is 9.04. The predicted octanol–water partition coefficient (Wildman–Crippen LogP) is 1.61.